The molecule has 2 aliphatic heterocycles. The van der Waals surface area contributed by atoms with E-state index in [2.05, 4.69) is 44.9 Å². The maximum atomic E-state index is 12.1. The SMILES string of the molecule is COc1ccc2c3c1O[C@H]1[C@]4(OC)CC[C@@]5(C[C@@H]4[C@](C)(O)C(C)(C)C)[C@@H](C2)N(C)CC[C@]315. The van der Waals surface area contributed by atoms with E-state index in [1.54, 1.807) is 7.11 Å². The number of nitrogens with zero attached hydrogens (tertiary/aromatic N) is 1. The zero-order valence-corrected chi connectivity index (χ0v) is 20.7. The Morgan fingerprint density at radius 3 is 2.53 bits per heavy atom. The number of methoxy groups -OCH3 is 2. The number of piperidine rings is 1. The van der Waals surface area contributed by atoms with Crippen LogP contribution < -0.4 is 9.47 Å². The molecule has 4 aliphatic carbocycles. The molecule has 176 valence electrons. The Morgan fingerprint density at radius 1 is 1.12 bits per heavy atom. The lowest BCUT2D eigenvalue weighted by atomic mass is 9.33. The maximum Gasteiger partial charge on any atom is 0.165 e. The first-order valence-corrected chi connectivity index (χ1v) is 12.3. The lowest BCUT2D eigenvalue weighted by Gasteiger charge is -2.75. The van der Waals surface area contributed by atoms with Crippen LogP contribution in [0, 0.1) is 16.7 Å². The Kier molecular flexibility index (Phi) is 4.00. The first-order valence-electron chi connectivity index (χ1n) is 12.3. The van der Waals surface area contributed by atoms with Crippen LogP contribution in [0.5, 0.6) is 11.5 Å². The van der Waals surface area contributed by atoms with Crippen molar-refractivity contribution in [3.8, 4) is 11.5 Å². The van der Waals surface area contributed by atoms with Crippen LogP contribution in [0.2, 0.25) is 0 Å². The fourth-order valence-electron chi connectivity index (χ4n) is 9.01. The van der Waals surface area contributed by atoms with Crippen LogP contribution in [0.25, 0.3) is 0 Å². The standard InChI is InChI=1S/C27H39NO4/c1-23(2,3)24(4,29)18-15-25-10-11-27(18,31-7)22-26(25)12-13-28(5)19(25)14-16-8-9-17(30-6)21(32-22)20(16)26/h8-9,18-19,22,29H,10-15H2,1-7H3/t18-,19-,22-,24+,25-,26+,27+/m1/s1. The minimum atomic E-state index is -0.882. The van der Waals surface area contributed by atoms with Gasteiger partial charge < -0.3 is 24.2 Å². The van der Waals surface area contributed by atoms with E-state index >= 15 is 0 Å². The molecule has 3 saturated carbocycles. The highest BCUT2D eigenvalue weighted by Gasteiger charge is 2.82. The highest BCUT2D eigenvalue weighted by atomic mass is 16.6. The third-order valence-corrected chi connectivity index (χ3v) is 11.0. The monoisotopic (exact) mass is 441 g/mol. The summed E-state index contributed by atoms with van der Waals surface area (Å²) in [7, 11) is 5.89. The Bertz CT molecular complexity index is 983. The average molecular weight is 442 g/mol. The molecular formula is C27H39NO4. The van der Waals surface area contributed by atoms with Gasteiger partial charge in [0.2, 0.25) is 0 Å². The summed E-state index contributed by atoms with van der Waals surface area (Å²) in [6, 6.07) is 4.82. The predicted octanol–water partition coefficient (Wildman–Crippen LogP) is 3.94. The van der Waals surface area contributed by atoms with Gasteiger partial charge in [0.05, 0.1) is 12.7 Å². The fourth-order valence-corrected chi connectivity index (χ4v) is 9.01. The van der Waals surface area contributed by atoms with Crippen LogP contribution in [-0.2, 0) is 16.6 Å². The molecule has 5 nitrogen and oxygen atoms in total. The van der Waals surface area contributed by atoms with Gasteiger partial charge in [-0.1, -0.05) is 26.8 Å². The van der Waals surface area contributed by atoms with Gasteiger partial charge in [-0.05, 0) is 69.7 Å². The summed E-state index contributed by atoms with van der Waals surface area (Å²) in [6.07, 6.45) is 5.07. The maximum absolute atomic E-state index is 12.1. The van der Waals surface area contributed by atoms with Crippen molar-refractivity contribution in [1.82, 2.24) is 4.90 Å². The van der Waals surface area contributed by atoms with Gasteiger partial charge in [-0.3, -0.25) is 0 Å². The van der Waals surface area contributed by atoms with E-state index in [0.29, 0.717) is 6.04 Å². The fraction of sp³-hybridized carbons (Fsp3) is 0.778. The van der Waals surface area contributed by atoms with Crippen molar-refractivity contribution < 1.29 is 19.3 Å². The summed E-state index contributed by atoms with van der Waals surface area (Å²) in [5.74, 6) is 1.79. The van der Waals surface area contributed by atoms with Gasteiger partial charge in [0.25, 0.3) is 0 Å². The van der Waals surface area contributed by atoms with E-state index in [1.807, 2.05) is 14.0 Å². The van der Waals surface area contributed by atoms with Crippen LogP contribution in [0.15, 0.2) is 12.1 Å². The lowest BCUT2D eigenvalue weighted by Crippen LogP contribution is -2.83. The molecule has 4 bridgehead atoms. The van der Waals surface area contributed by atoms with Gasteiger partial charge in [-0.2, -0.15) is 0 Å². The summed E-state index contributed by atoms with van der Waals surface area (Å²) in [4.78, 5) is 2.60. The highest BCUT2D eigenvalue weighted by molar-refractivity contribution is 5.63. The van der Waals surface area contributed by atoms with Crippen LogP contribution in [0.4, 0.5) is 0 Å². The highest BCUT2D eigenvalue weighted by Crippen LogP contribution is 2.77. The summed E-state index contributed by atoms with van der Waals surface area (Å²) >= 11 is 0. The van der Waals surface area contributed by atoms with Crippen molar-refractivity contribution >= 4 is 0 Å². The molecule has 5 heteroatoms. The second kappa shape index (κ2) is 6.03. The zero-order valence-electron chi connectivity index (χ0n) is 20.7. The smallest absolute Gasteiger partial charge is 0.165 e. The third-order valence-electron chi connectivity index (χ3n) is 11.0. The van der Waals surface area contributed by atoms with E-state index < -0.39 is 11.2 Å². The molecule has 1 N–H and O–H groups in total. The second-order valence-corrected chi connectivity index (χ2v) is 12.5. The number of likely N-dealkylation sites (tertiary alicyclic amines) is 1. The summed E-state index contributed by atoms with van der Waals surface area (Å²) in [6.45, 7) is 9.59. The van der Waals surface area contributed by atoms with Crippen molar-refractivity contribution in [2.24, 2.45) is 16.7 Å². The molecule has 7 rings (SSSR count). The van der Waals surface area contributed by atoms with E-state index in [4.69, 9.17) is 14.2 Å². The predicted molar refractivity (Wildman–Crippen MR) is 123 cm³/mol. The number of benzene rings is 1. The zero-order chi connectivity index (χ0) is 22.9. The number of hydrogen-bond donors (Lipinski definition) is 1. The Labute approximate surface area is 192 Å². The number of rotatable bonds is 3. The van der Waals surface area contributed by atoms with Crippen molar-refractivity contribution in [3.63, 3.8) is 0 Å². The molecule has 32 heavy (non-hydrogen) atoms. The molecule has 0 unspecified atom stereocenters. The third kappa shape index (κ3) is 2.01. The van der Waals surface area contributed by atoms with E-state index in [1.165, 1.54) is 11.1 Å². The molecule has 6 aliphatic rings. The van der Waals surface area contributed by atoms with E-state index in [-0.39, 0.29) is 28.3 Å². The quantitative estimate of drug-likeness (QED) is 0.770. The summed E-state index contributed by atoms with van der Waals surface area (Å²) < 4.78 is 19.4. The number of likely N-dealkylation sites (N-methyl/N-ethyl adjacent to an activating group) is 1. The van der Waals surface area contributed by atoms with Crippen molar-refractivity contribution in [2.45, 2.75) is 88.6 Å². The molecule has 2 spiro atoms. The minimum Gasteiger partial charge on any atom is -0.493 e. The molecule has 2 heterocycles. The van der Waals surface area contributed by atoms with Crippen LogP contribution in [-0.4, -0.2) is 61.2 Å². The van der Waals surface area contributed by atoms with Gasteiger partial charge in [-0.15, -0.1) is 0 Å². The number of fused-ring (bicyclic) bond motifs is 2. The first kappa shape index (κ1) is 21.2. The van der Waals surface area contributed by atoms with E-state index in [9.17, 15) is 5.11 Å². The molecule has 0 radical (unpaired) electrons. The molecule has 1 aromatic carbocycles. The normalized spacial score (nSPS) is 43.4. The lowest BCUT2D eigenvalue weighted by molar-refractivity contribution is -0.311. The van der Waals surface area contributed by atoms with Crippen molar-refractivity contribution in [3.05, 3.63) is 23.3 Å². The van der Waals surface area contributed by atoms with Gasteiger partial charge in [0.1, 0.15) is 11.7 Å². The van der Waals surface area contributed by atoms with Crippen LogP contribution in [0.1, 0.15) is 64.5 Å². The molecular weight excluding hydrogens is 402 g/mol. The van der Waals surface area contributed by atoms with Gasteiger partial charge in [0.15, 0.2) is 11.5 Å². The minimum absolute atomic E-state index is 0.00253. The van der Waals surface area contributed by atoms with E-state index in [0.717, 1.165) is 50.1 Å². The van der Waals surface area contributed by atoms with Gasteiger partial charge in [-0.25, -0.2) is 0 Å². The molecule has 4 fully saturated rings. The van der Waals surface area contributed by atoms with Crippen molar-refractivity contribution in [1.29, 1.82) is 0 Å². The number of aliphatic hydroxyl groups is 1. The molecule has 1 saturated heterocycles. The topological polar surface area (TPSA) is 51.2 Å². The largest absolute Gasteiger partial charge is 0.493 e. The number of hydrogen-bond acceptors (Lipinski definition) is 5. The Balaban J connectivity index is 1.65. The second-order valence-electron chi connectivity index (χ2n) is 12.5. The molecule has 1 aromatic rings. The van der Waals surface area contributed by atoms with Gasteiger partial charge in [0, 0.05) is 35.5 Å². The Hall–Kier alpha value is -1.30. The molecule has 7 atom stereocenters. The van der Waals surface area contributed by atoms with Crippen molar-refractivity contribution in [2.75, 3.05) is 27.8 Å². The molecule has 0 aromatic heterocycles. The number of ether oxygens (including phenoxy) is 3. The Morgan fingerprint density at radius 2 is 1.88 bits per heavy atom. The molecule has 0 amide bonds. The van der Waals surface area contributed by atoms with Crippen LogP contribution in [0.3, 0.4) is 0 Å². The summed E-state index contributed by atoms with van der Waals surface area (Å²) in [5, 5.41) is 12.1. The first-order chi connectivity index (χ1) is 15.0. The van der Waals surface area contributed by atoms with Crippen LogP contribution >= 0.6 is 0 Å². The average Bonchev–Trinajstić information content (AvgIpc) is 3.12. The van der Waals surface area contributed by atoms with Gasteiger partial charge >= 0.3 is 0 Å². The summed E-state index contributed by atoms with van der Waals surface area (Å²) in [5.41, 5.74) is 1.17.